The van der Waals surface area contributed by atoms with Crippen LogP contribution in [0.25, 0.3) is 5.65 Å². The molecule has 1 aromatic carbocycles. The third-order valence-corrected chi connectivity index (χ3v) is 3.59. The average molecular weight is 308 g/mol. The van der Waals surface area contributed by atoms with Gasteiger partial charge in [0.05, 0.1) is 6.21 Å². The van der Waals surface area contributed by atoms with Crippen LogP contribution in [0.15, 0.2) is 52.5 Å². The Labute approximate surface area is 132 Å². The van der Waals surface area contributed by atoms with Crippen molar-refractivity contribution in [2.45, 2.75) is 13.8 Å². The summed E-state index contributed by atoms with van der Waals surface area (Å²) in [6, 6.07) is 11.4. The molecule has 116 valence electrons. The van der Waals surface area contributed by atoms with Crippen LogP contribution >= 0.6 is 0 Å². The molecule has 0 saturated heterocycles. The van der Waals surface area contributed by atoms with Crippen LogP contribution in [0, 0.1) is 13.8 Å². The number of hydrogen-bond donors (Lipinski definition) is 2. The van der Waals surface area contributed by atoms with E-state index in [1.165, 1.54) is 4.40 Å². The molecule has 0 bridgehead atoms. The van der Waals surface area contributed by atoms with Gasteiger partial charge in [0.25, 0.3) is 5.56 Å². The molecule has 0 saturated carbocycles. The zero-order valence-electron chi connectivity index (χ0n) is 12.8. The Morgan fingerprint density at radius 1 is 1.22 bits per heavy atom. The molecule has 0 unspecified atom stereocenters. The van der Waals surface area contributed by atoms with E-state index in [1.54, 1.807) is 12.3 Å². The van der Waals surface area contributed by atoms with Crippen molar-refractivity contribution in [3.05, 3.63) is 69.6 Å². The van der Waals surface area contributed by atoms with Crippen LogP contribution in [0.4, 0.5) is 11.5 Å². The van der Waals surface area contributed by atoms with Crippen LogP contribution in [0.2, 0.25) is 0 Å². The summed E-state index contributed by atoms with van der Waals surface area (Å²) in [7, 11) is 0. The number of aryl methyl sites for hydroxylation is 2. The highest BCUT2D eigenvalue weighted by atomic mass is 16.4. The van der Waals surface area contributed by atoms with Gasteiger partial charge in [0.2, 0.25) is 0 Å². The van der Waals surface area contributed by atoms with Crippen molar-refractivity contribution in [1.29, 1.82) is 0 Å². The van der Waals surface area contributed by atoms with Gasteiger partial charge in [0.15, 0.2) is 0 Å². The Morgan fingerprint density at radius 3 is 2.65 bits per heavy atom. The third kappa shape index (κ3) is 2.78. The maximum absolute atomic E-state index is 12.6. The summed E-state index contributed by atoms with van der Waals surface area (Å²) in [6.45, 7) is 3.88. The predicted octanol–water partition coefficient (Wildman–Crippen LogP) is 2.86. The lowest BCUT2D eigenvalue weighted by molar-refractivity contribution is 0.322. The van der Waals surface area contributed by atoms with Gasteiger partial charge in [-0.05, 0) is 37.6 Å². The summed E-state index contributed by atoms with van der Waals surface area (Å²) >= 11 is 0. The number of fused-ring (bicyclic) bond motifs is 1. The molecule has 3 aromatic rings. The van der Waals surface area contributed by atoms with Crippen molar-refractivity contribution in [3.8, 4) is 0 Å². The highest BCUT2D eigenvalue weighted by Crippen LogP contribution is 2.18. The summed E-state index contributed by atoms with van der Waals surface area (Å²) in [5, 5.41) is 15.0. The van der Waals surface area contributed by atoms with Gasteiger partial charge in [-0.25, -0.2) is 4.98 Å². The largest absolute Gasteiger partial charge is 0.411 e. The quantitative estimate of drug-likeness (QED) is 0.443. The SMILES string of the molecule is Cc1ccc(Nc2nc3c(C)cccn3c(=O)c2/C=N\O)cc1. The molecule has 6 nitrogen and oxygen atoms in total. The Kier molecular flexibility index (Phi) is 3.80. The molecule has 0 aliphatic heterocycles. The lowest BCUT2D eigenvalue weighted by Crippen LogP contribution is -2.22. The fraction of sp³-hybridized carbons (Fsp3) is 0.118. The zero-order chi connectivity index (χ0) is 16.4. The van der Waals surface area contributed by atoms with Gasteiger partial charge in [-0.3, -0.25) is 9.20 Å². The van der Waals surface area contributed by atoms with Crippen molar-refractivity contribution >= 4 is 23.4 Å². The summed E-state index contributed by atoms with van der Waals surface area (Å²) in [5.74, 6) is 0.353. The monoisotopic (exact) mass is 308 g/mol. The average Bonchev–Trinajstić information content (AvgIpc) is 2.54. The van der Waals surface area contributed by atoms with Crippen LogP contribution in [0.1, 0.15) is 16.7 Å². The first-order valence-corrected chi connectivity index (χ1v) is 7.13. The number of nitrogens with one attached hydrogen (secondary N) is 1. The number of pyridine rings is 1. The highest BCUT2D eigenvalue weighted by molar-refractivity contribution is 5.87. The van der Waals surface area contributed by atoms with Crippen LogP contribution in [0.3, 0.4) is 0 Å². The standard InChI is InChI=1S/C17H16N4O2/c1-11-5-7-13(8-6-11)19-15-14(10-18-23)17(22)21-9-3-4-12(2)16(21)20-15/h3-10,19,23H,1-2H3/b18-10-. The number of oxime groups is 1. The molecule has 23 heavy (non-hydrogen) atoms. The first kappa shape index (κ1) is 14.8. The van der Waals surface area contributed by atoms with Gasteiger partial charge in [0.1, 0.15) is 17.0 Å². The second kappa shape index (κ2) is 5.92. The molecule has 0 aliphatic carbocycles. The van der Waals surface area contributed by atoms with Crippen molar-refractivity contribution < 1.29 is 5.21 Å². The summed E-state index contributed by atoms with van der Waals surface area (Å²) in [6.07, 6.45) is 2.74. The van der Waals surface area contributed by atoms with Crippen LogP contribution in [0.5, 0.6) is 0 Å². The van der Waals surface area contributed by atoms with E-state index in [-0.39, 0.29) is 11.1 Å². The molecule has 0 fully saturated rings. The summed E-state index contributed by atoms with van der Waals surface area (Å²) in [4.78, 5) is 17.1. The van der Waals surface area contributed by atoms with Gasteiger partial charge in [-0.1, -0.05) is 28.9 Å². The van der Waals surface area contributed by atoms with Gasteiger partial charge < -0.3 is 10.5 Å². The minimum Gasteiger partial charge on any atom is -0.411 e. The molecule has 2 aromatic heterocycles. The number of hydrogen-bond acceptors (Lipinski definition) is 5. The summed E-state index contributed by atoms with van der Waals surface area (Å²) < 4.78 is 1.44. The van der Waals surface area contributed by atoms with E-state index in [0.29, 0.717) is 11.5 Å². The van der Waals surface area contributed by atoms with E-state index < -0.39 is 0 Å². The molecular weight excluding hydrogens is 292 g/mol. The Morgan fingerprint density at radius 2 is 1.96 bits per heavy atom. The number of rotatable bonds is 3. The van der Waals surface area contributed by atoms with Crippen LogP contribution in [-0.4, -0.2) is 20.8 Å². The second-order valence-electron chi connectivity index (χ2n) is 5.30. The number of aromatic nitrogens is 2. The van der Waals surface area contributed by atoms with Gasteiger partial charge in [0, 0.05) is 11.9 Å². The summed E-state index contributed by atoms with van der Waals surface area (Å²) in [5.41, 5.74) is 3.26. The van der Waals surface area contributed by atoms with E-state index in [0.717, 1.165) is 23.0 Å². The number of nitrogens with zero attached hydrogens (tertiary/aromatic N) is 3. The Bertz CT molecular complexity index is 943. The first-order chi connectivity index (χ1) is 11.1. The third-order valence-electron chi connectivity index (χ3n) is 3.59. The van der Waals surface area contributed by atoms with Crippen molar-refractivity contribution in [3.63, 3.8) is 0 Å². The fourth-order valence-electron chi connectivity index (χ4n) is 2.35. The molecule has 2 heterocycles. The number of benzene rings is 1. The fourth-order valence-corrected chi connectivity index (χ4v) is 2.35. The van der Waals surface area contributed by atoms with Gasteiger partial charge >= 0.3 is 0 Å². The molecule has 0 amide bonds. The lowest BCUT2D eigenvalue weighted by Gasteiger charge is -2.11. The maximum Gasteiger partial charge on any atom is 0.269 e. The van der Waals surface area contributed by atoms with Crippen molar-refractivity contribution in [1.82, 2.24) is 9.38 Å². The normalized spacial score (nSPS) is 11.2. The molecule has 6 heteroatoms. The van der Waals surface area contributed by atoms with Crippen LogP contribution in [-0.2, 0) is 0 Å². The second-order valence-corrected chi connectivity index (χ2v) is 5.30. The molecule has 0 aliphatic rings. The number of anilines is 2. The lowest BCUT2D eigenvalue weighted by atomic mass is 10.2. The van der Waals surface area contributed by atoms with E-state index in [4.69, 9.17) is 5.21 Å². The Balaban J connectivity index is 2.21. The molecule has 0 atom stereocenters. The minimum absolute atomic E-state index is 0.191. The van der Waals surface area contributed by atoms with Gasteiger partial charge in [-0.2, -0.15) is 0 Å². The smallest absolute Gasteiger partial charge is 0.269 e. The highest BCUT2D eigenvalue weighted by Gasteiger charge is 2.13. The van der Waals surface area contributed by atoms with Crippen molar-refractivity contribution in [2.75, 3.05) is 5.32 Å². The minimum atomic E-state index is -0.300. The molecule has 3 rings (SSSR count). The Hall–Kier alpha value is -3.15. The van der Waals surface area contributed by atoms with E-state index in [1.807, 2.05) is 44.2 Å². The molecule has 2 N–H and O–H groups in total. The van der Waals surface area contributed by atoms with Crippen LogP contribution < -0.4 is 10.9 Å². The maximum atomic E-state index is 12.6. The topological polar surface area (TPSA) is 79.0 Å². The first-order valence-electron chi connectivity index (χ1n) is 7.13. The molecular formula is C17H16N4O2. The van der Waals surface area contributed by atoms with Crippen molar-refractivity contribution in [2.24, 2.45) is 5.16 Å². The predicted molar refractivity (Wildman–Crippen MR) is 90.0 cm³/mol. The van der Waals surface area contributed by atoms with E-state index in [2.05, 4.69) is 15.5 Å². The molecule has 0 radical (unpaired) electrons. The zero-order valence-corrected chi connectivity index (χ0v) is 12.8. The molecule has 0 spiro atoms. The van der Waals surface area contributed by atoms with Gasteiger partial charge in [-0.15, -0.1) is 0 Å². The van der Waals surface area contributed by atoms with E-state index in [9.17, 15) is 4.79 Å². The van der Waals surface area contributed by atoms with E-state index >= 15 is 0 Å².